The van der Waals surface area contributed by atoms with E-state index < -0.39 is 0 Å². The summed E-state index contributed by atoms with van der Waals surface area (Å²) in [5.74, 6) is 0. The first-order chi connectivity index (χ1) is 7.74. The van der Waals surface area contributed by atoms with E-state index in [0.717, 1.165) is 5.41 Å². The lowest BCUT2D eigenvalue weighted by molar-refractivity contribution is 0.0642. The van der Waals surface area contributed by atoms with Gasteiger partial charge in [0.05, 0.1) is 0 Å². The maximum Gasteiger partial charge on any atom is 0.0163 e. The number of hydrogen-bond acceptors (Lipinski definition) is 2. The number of likely N-dealkylation sites (tertiary alicyclic amines) is 1. The summed E-state index contributed by atoms with van der Waals surface area (Å²) < 4.78 is 0. The van der Waals surface area contributed by atoms with Crippen LogP contribution in [0.3, 0.4) is 0 Å². The number of likely N-dealkylation sites (N-methyl/N-ethyl adjacent to an activating group) is 1. The molecule has 1 saturated heterocycles. The first kappa shape index (κ1) is 12.4. The average molecular weight is 224 g/mol. The van der Waals surface area contributed by atoms with E-state index in [-0.39, 0.29) is 0 Å². The fraction of sp³-hybridized carbons (Fsp3) is 1.00. The smallest absolute Gasteiger partial charge is 0.0163 e. The second kappa shape index (κ2) is 5.50. The highest BCUT2D eigenvalue weighted by atomic mass is 15.2. The molecule has 2 aliphatic rings. The third-order valence-corrected chi connectivity index (χ3v) is 4.86. The highest BCUT2D eigenvalue weighted by Crippen LogP contribution is 2.44. The van der Waals surface area contributed by atoms with Crippen molar-refractivity contribution in [1.29, 1.82) is 0 Å². The number of nitrogens with one attached hydrogen (secondary N) is 1. The monoisotopic (exact) mass is 224 g/mol. The van der Waals surface area contributed by atoms with E-state index in [0.29, 0.717) is 6.04 Å². The van der Waals surface area contributed by atoms with E-state index in [2.05, 4.69) is 24.2 Å². The molecule has 1 unspecified atom stereocenters. The summed E-state index contributed by atoms with van der Waals surface area (Å²) in [6.45, 7) is 6.19. The molecule has 1 saturated carbocycles. The Morgan fingerprint density at radius 2 is 1.69 bits per heavy atom. The standard InChI is InChI=1S/C14H28N2/c1-13(15-2)12-16-10-8-14(9-11-16)6-4-3-5-7-14/h13,15H,3-12H2,1-2H3. The highest BCUT2D eigenvalue weighted by molar-refractivity contribution is 4.88. The highest BCUT2D eigenvalue weighted by Gasteiger charge is 2.35. The molecule has 0 aromatic carbocycles. The van der Waals surface area contributed by atoms with Gasteiger partial charge in [0.15, 0.2) is 0 Å². The molecular weight excluding hydrogens is 196 g/mol. The van der Waals surface area contributed by atoms with Crippen molar-refractivity contribution in [3.8, 4) is 0 Å². The number of nitrogens with zero attached hydrogens (tertiary/aromatic N) is 1. The van der Waals surface area contributed by atoms with E-state index in [1.165, 1.54) is 64.6 Å². The molecule has 0 bridgehead atoms. The van der Waals surface area contributed by atoms with Gasteiger partial charge < -0.3 is 10.2 Å². The molecule has 2 nitrogen and oxygen atoms in total. The van der Waals surface area contributed by atoms with Gasteiger partial charge in [-0.2, -0.15) is 0 Å². The molecule has 1 heterocycles. The lowest BCUT2D eigenvalue weighted by Crippen LogP contribution is -2.45. The van der Waals surface area contributed by atoms with Gasteiger partial charge in [-0.15, -0.1) is 0 Å². The van der Waals surface area contributed by atoms with Crippen molar-refractivity contribution in [3.63, 3.8) is 0 Å². The van der Waals surface area contributed by atoms with Crippen LogP contribution in [0.5, 0.6) is 0 Å². The van der Waals surface area contributed by atoms with Crippen LogP contribution in [0.15, 0.2) is 0 Å². The van der Waals surface area contributed by atoms with E-state index in [4.69, 9.17) is 0 Å². The van der Waals surface area contributed by atoms with Crippen molar-refractivity contribution in [2.45, 2.75) is 57.9 Å². The van der Waals surface area contributed by atoms with Gasteiger partial charge in [-0.05, 0) is 58.2 Å². The lowest BCUT2D eigenvalue weighted by Gasteiger charge is -2.44. The van der Waals surface area contributed by atoms with Crippen LogP contribution in [0.25, 0.3) is 0 Å². The van der Waals surface area contributed by atoms with Gasteiger partial charge in [0.25, 0.3) is 0 Å². The van der Waals surface area contributed by atoms with Gasteiger partial charge in [-0.25, -0.2) is 0 Å². The van der Waals surface area contributed by atoms with Gasteiger partial charge in [0.1, 0.15) is 0 Å². The van der Waals surface area contributed by atoms with Crippen LogP contribution >= 0.6 is 0 Å². The zero-order valence-electron chi connectivity index (χ0n) is 11.1. The van der Waals surface area contributed by atoms with E-state index >= 15 is 0 Å². The normalized spacial score (nSPS) is 28.1. The minimum Gasteiger partial charge on any atom is -0.316 e. The van der Waals surface area contributed by atoms with Gasteiger partial charge in [-0.3, -0.25) is 0 Å². The lowest BCUT2D eigenvalue weighted by atomic mass is 9.68. The summed E-state index contributed by atoms with van der Waals surface area (Å²) in [4.78, 5) is 2.65. The average Bonchev–Trinajstić information content (AvgIpc) is 2.33. The van der Waals surface area contributed by atoms with Crippen molar-refractivity contribution in [1.82, 2.24) is 10.2 Å². The second-order valence-corrected chi connectivity index (χ2v) is 6.05. The van der Waals surface area contributed by atoms with Gasteiger partial charge in [-0.1, -0.05) is 19.3 Å². The minimum absolute atomic E-state index is 0.639. The Balaban J connectivity index is 1.77. The summed E-state index contributed by atoms with van der Waals surface area (Å²) in [7, 11) is 2.07. The minimum atomic E-state index is 0.639. The van der Waals surface area contributed by atoms with Crippen molar-refractivity contribution in [2.75, 3.05) is 26.7 Å². The Morgan fingerprint density at radius 3 is 2.25 bits per heavy atom. The van der Waals surface area contributed by atoms with Crippen molar-refractivity contribution in [2.24, 2.45) is 5.41 Å². The Labute approximate surface area is 101 Å². The van der Waals surface area contributed by atoms with Crippen LogP contribution in [-0.4, -0.2) is 37.6 Å². The molecule has 1 aliphatic heterocycles. The molecule has 94 valence electrons. The third-order valence-electron chi connectivity index (χ3n) is 4.86. The fourth-order valence-electron chi connectivity index (χ4n) is 3.49. The number of hydrogen-bond donors (Lipinski definition) is 1. The Kier molecular flexibility index (Phi) is 4.26. The van der Waals surface area contributed by atoms with Crippen LogP contribution in [0.2, 0.25) is 0 Å². The maximum atomic E-state index is 3.34. The molecule has 0 amide bonds. The fourth-order valence-corrected chi connectivity index (χ4v) is 3.49. The first-order valence-corrected chi connectivity index (χ1v) is 7.14. The molecule has 1 aliphatic carbocycles. The summed E-state index contributed by atoms with van der Waals surface area (Å²) >= 11 is 0. The molecule has 0 aromatic rings. The molecule has 16 heavy (non-hydrogen) atoms. The molecule has 0 aromatic heterocycles. The third kappa shape index (κ3) is 2.98. The molecule has 0 radical (unpaired) electrons. The van der Waals surface area contributed by atoms with E-state index in [9.17, 15) is 0 Å². The first-order valence-electron chi connectivity index (χ1n) is 7.14. The van der Waals surface area contributed by atoms with E-state index in [1.807, 2.05) is 0 Å². The second-order valence-electron chi connectivity index (χ2n) is 6.05. The van der Waals surface area contributed by atoms with Gasteiger partial charge in [0, 0.05) is 12.6 Å². The summed E-state index contributed by atoms with van der Waals surface area (Å²) in [5, 5.41) is 3.34. The van der Waals surface area contributed by atoms with Gasteiger partial charge in [0.2, 0.25) is 0 Å². The topological polar surface area (TPSA) is 15.3 Å². The van der Waals surface area contributed by atoms with Crippen LogP contribution < -0.4 is 5.32 Å². The zero-order chi connectivity index (χ0) is 11.4. The van der Waals surface area contributed by atoms with Crippen molar-refractivity contribution < 1.29 is 0 Å². The quantitative estimate of drug-likeness (QED) is 0.793. The Bertz CT molecular complexity index is 199. The number of rotatable bonds is 3. The molecule has 2 rings (SSSR count). The predicted molar refractivity (Wildman–Crippen MR) is 69.7 cm³/mol. The van der Waals surface area contributed by atoms with Crippen LogP contribution in [0, 0.1) is 5.41 Å². The molecule has 1 spiro atoms. The van der Waals surface area contributed by atoms with Crippen LogP contribution in [0.1, 0.15) is 51.9 Å². The molecule has 1 N–H and O–H groups in total. The molecular formula is C14H28N2. The maximum absolute atomic E-state index is 3.34. The Hall–Kier alpha value is -0.0800. The molecule has 2 fully saturated rings. The SMILES string of the molecule is CNC(C)CN1CCC2(CCCCC2)CC1. The summed E-state index contributed by atoms with van der Waals surface area (Å²) in [6, 6.07) is 0.639. The zero-order valence-corrected chi connectivity index (χ0v) is 11.1. The number of piperidine rings is 1. The summed E-state index contributed by atoms with van der Waals surface area (Å²) in [5.41, 5.74) is 0.762. The summed E-state index contributed by atoms with van der Waals surface area (Å²) in [6.07, 6.45) is 10.4. The van der Waals surface area contributed by atoms with Crippen molar-refractivity contribution in [3.05, 3.63) is 0 Å². The molecule has 1 atom stereocenters. The van der Waals surface area contributed by atoms with Crippen LogP contribution in [-0.2, 0) is 0 Å². The predicted octanol–water partition coefficient (Wildman–Crippen LogP) is 2.64. The largest absolute Gasteiger partial charge is 0.316 e. The van der Waals surface area contributed by atoms with Crippen molar-refractivity contribution >= 4 is 0 Å². The molecule has 2 heteroatoms. The van der Waals surface area contributed by atoms with Gasteiger partial charge >= 0.3 is 0 Å². The Morgan fingerprint density at radius 1 is 1.06 bits per heavy atom. The van der Waals surface area contributed by atoms with E-state index in [1.54, 1.807) is 0 Å². The van der Waals surface area contributed by atoms with Crippen LogP contribution in [0.4, 0.5) is 0 Å².